The standard InChI is InChI=1S/C10H10N4O3S2/c1-3-17-9(16)7-5(2)11-10(19-7)12-8(15)6-4-18-14-13-6/h4H,3H2,1-2H3,(H,11,12,15). The van der Waals surface area contributed by atoms with Crippen LogP contribution < -0.4 is 5.32 Å². The molecular weight excluding hydrogens is 288 g/mol. The number of ether oxygens (including phenoxy) is 1. The lowest BCUT2D eigenvalue weighted by Crippen LogP contribution is -2.12. The second-order valence-corrected chi connectivity index (χ2v) is 5.01. The van der Waals surface area contributed by atoms with Crippen LogP contribution in [0.4, 0.5) is 5.13 Å². The molecule has 7 nitrogen and oxygen atoms in total. The molecule has 0 saturated heterocycles. The molecule has 9 heteroatoms. The first-order valence-corrected chi connectivity index (χ1v) is 7.00. The summed E-state index contributed by atoms with van der Waals surface area (Å²) < 4.78 is 8.50. The van der Waals surface area contributed by atoms with Crippen LogP contribution >= 0.6 is 22.9 Å². The van der Waals surface area contributed by atoms with E-state index in [-0.39, 0.29) is 5.69 Å². The first-order valence-electron chi connectivity index (χ1n) is 5.34. The molecule has 19 heavy (non-hydrogen) atoms. The lowest BCUT2D eigenvalue weighted by Gasteiger charge is -1.97. The van der Waals surface area contributed by atoms with E-state index in [9.17, 15) is 9.59 Å². The number of carbonyl (C=O) groups is 2. The second-order valence-electron chi connectivity index (χ2n) is 3.40. The Balaban J connectivity index is 2.12. The minimum atomic E-state index is -0.437. The molecular formula is C10H10N4O3S2. The first kappa shape index (κ1) is 13.6. The zero-order valence-corrected chi connectivity index (χ0v) is 11.8. The third-order valence-electron chi connectivity index (χ3n) is 2.07. The third kappa shape index (κ3) is 3.12. The number of anilines is 1. The molecule has 0 aliphatic carbocycles. The summed E-state index contributed by atoms with van der Waals surface area (Å²) in [5.41, 5.74) is 0.741. The number of aromatic nitrogens is 3. The monoisotopic (exact) mass is 298 g/mol. The minimum Gasteiger partial charge on any atom is -0.462 e. The number of hydrogen-bond acceptors (Lipinski definition) is 8. The molecule has 0 aliphatic heterocycles. The summed E-state index contributed by atoms with van der Waals surface area (Å²) >= 11 is 2.16. The maximum atomic E-state index is 11.7. The van der Waals surface area contributed by atoms with Crippen molar-refractivity contribution in [3.63, 3.8) is 0 Å². The predicted octanol–water partition coefficient (Wildman–Crippen LogP) is 1.73. The Morgan fingerprint density at radius 2 is 2.26 bits per heavy atom. The molecule has 2 heterocycles. The average Bonchev–Trinajstić information content (AvgIpc) is 2.99. The molecule has 0 radical (unpaired) electrons. The van der Waals surface area contributed by atoms with Crippen LogP contribution in [-0.2, 0) is 4.74 Å². The summed E-state index contributed by atoms with van der Waals surface area (Å²) in [6.07, 6.45) is 0. The van der Waals surface area contributed by atoms with Gasteiger partial charge >= 0.3 is 5.97 Å². The molecule has 2 rings (SSSR count). The fourth-order valence-electron chi connectivity index (χ4n) is 1.26. The number of nitrogens with zero attached hydrogens (tertiary/aromatic N) is 3. The molecule has 0 spiro atoms. The van der Waals surface area contributed by atoms with Gasteiger partial charge in [-0.3, -0.25) is 10.1 Å². The third-order valence-corrected chi connectivity index (χ3v) is 3.63. The van der Waals surface area contributed by atoms with E-state index in [2.05, 4.69) is 19.9 Å². The summed E-state index contributed by atoms with van der Waals surface area (Å²) in [5.74, 6) is -0.841. The second kappa shape index (κ2) is 5.85. The molecule has 0 atom stereocenters. The zero-order valence-electron chi connectivity index (χ0n) is 10.2. The van der Waals surface area contributed by atoms with Gasteiger partial charge in [0.25, 0.3) is 5.91 Å². The van der Waals surface area contributed by atoms with Crippen molar-refractivity contribution in [1.29, 1.82) is 0 Å². The van der Waals surface area contributed by atoms with E-state index in [0.717, 1.165) is 22.9 Å². The number of amides is 1. The highest BCUT2D eigenvalue weighted by atomic mass is 32.1. The number of hydrogen-bond donors (Lipinski definition) is 1. The van der Waals surface area contributed by atoms with E-state index in [1.165, 1.54) is 5.38 Å². The van der Waals surface area contributed by atoms with Gasteiger partial charge in [0.15, 0.2) is 10.8 Å². The Morgan fingerprint density at radius 3 is 2.89 bits per heavy atom. The summed E-state index contributed by atoms with van der Waals surface area (Å²) in [4.78, 5) is 27.8. The summed E-state index contributed by atoms with van der Waals surface area (Å²) in [6, 6.07) is 0. The van der Waals surface area contributed by atoms with Gasteiger partial charge in [-0.2, -0.15) is 0 Å². The summed E-state index contributed by atoms with van der Waals surface area (Å²) in [7, 11) is 0. The Bertz CT molecular complexity index is 594. The lowest BCUT2D eigenvalue weighted by molar-refractivity contribution is 0.0531. The van der Waals surface area contributed by atoms with Gasteiger partial charge in [0.2, 0.25) is 0 Å². The number of esters is 1. The van der Waals surface area contributed by atoms with Gasteiger partial charge in [-0.15, -0.1) is 5.10 Å². The SMILES string of the molecule is CCOC(=O)c1sc(NC(=O)c2csnn2)nc1C. The van der Waals surface area contributed by atoms with Gasteiger partial charge < -0.3 is 4.74 Å². The maximum absolute atomic E-state index is 11.7. The van der Waals surface area contributed by atoms with Crippen molar-refractivity contribution in [3.8, 4) is 0 Å². The van der Waals surface area contributed by atoms with Crippen molar-refractivity contribution >= 4 is 39.9 Å². The number of rotatable bonds is 4. The van der Waals surface area contributed by atoms with Gasteiger partial charge in [-0.25, -0.2) is 9.78 Å². The molecule has 2 aromatic rings. The average molecular weight is 298 g/mol. The van der Waals surface area contributed by atoms with Crippen LogP contribution in [0.2, 0.25) is 0 Å². The van der Waals surface area contributed by atoms with Crippen molar-refractivity contribution in [3.05, 3.63) is 21.6 Å². The van der Waals surface area contributed by atoms with E-state index in [1.54, 1.807) is 13.8 Å². The van der Waals surface area contributed by atoms with Gasteiger partial charge in [-0.05, 0) is 25.4 Å². The quantitative estimate of drug-likeness (QED) is 0.864. The van der Waals surface area contributed by atoms with Gasteiger partial charge in [0.1, 0.15) is 4.88 Å². The molecule has 0 saturated carbocycles. The Kier molecular flexibility index (Phi) is 4.17. The molecule has 0 fully saturated rings. The molecule has 100 valence electrons. The van der Waals surface area contributed by atoms with E-state index < -0.39 is 11.9 Å². The highest BCUT2D eigenvalue weighted by Crippen LogP contribution is 2.23. The predicted molar refractivity (Wildman–Crippen MR) is 70.7 cm³/mol. The zero-order chi connectivity index (χ0) is 13.8. The van der Waals surface area contributed by atoms with Crippen LogP contribution in [0.1, 0.15) is 32.8 Å². The molecule has 1 amide bonds. The molecule has 1 N–H and O–H groups in total. The fraction of sp³-hybridized carbons (Fsp3) is 0.300. The van der Waals surface area contributed by atoms with E-state index in [1.807, 2.05) is 0 Å². The lowest BCUT2D eigenvalue weighted by atomic mass is 10.4. The number of thiazole rings is 1. The van der Waals surface area contributed by atoms with Crippen LogP contribution in [0.3, 0.4) is 0 Å². The summed E-state index contributed by atoms with van der Waals surface area (Å²) in [6.45, 7) is 3.71. The number of carbonyl (C=O) groups excluding carboxylic acids is 2. The van der Waals surface area contributed by atoms with E-state index in [4.69, 9.17) is 4.74 Å². The minimum absolute atomic E-state index is 0.218. The fourth-order valence-corrected chi connectivity index (χ4v) is 2.55. The molecule has 0 aromatic carbocycles. The first-order chi connectivity index (χ1) is 9.11. The highest BCUT2D eigenvalue weighted by molar-refractivity contribution is 7.17. The van der Waals surface area contributed by atoms with Crippen LogP contribution in [0.25, 0.3) is 0 Å². The van der Waals surface area contributed by atoms with Crippen LogP contribution in [0.5, 0.6) is 0 Å². The van der Waals surface area contributed by atoms with Crippen molar-refractivity contribution in [2.75, 3.05) is 11.9 Å². The molecule has 0 unspecified atom stereocenters. The highest BCUT2D eigenvalue weighted by Gasteiger charge is 2.18. The van der Waals surface area contributed by atoms with Crippen molar-refractivity contribution in [2.24, 2.45) is 0 Å². The Labute approximate surface area is 116 Å². The normalized spacial score (nSPS) is 10.2. The Morgan fingerprint density at radius 1 is 1.47 bits per heavy atom. The van der Waals surface area contributed by atoms with E-state index in [0.29, 0.717) is 22.3 Å². The largest absolute Gasteiger partial charge is 0.462 e. The van der Waals surface area contributed by atoms with Crippen LogP contribution in [0, 0.1) is 6.92 Å². The van der Waals surface area contributed by atoms with Crippen molar-refractivity contribution in [2.45, 2.75) is 13.8 Å². The topological polar surface area (TPSA) is 94.1 Å². The molecule has 0 bridgehead atoms. The van der Waals surface area contributed by atoms with Crippen molar-refractivity contribution in [1.82, 2.24) is 14.6 Å². The number of nitrogens with one attached hydrogen (secondary N) is 1. The van der Waals surface area contributed by atoms with Crippen molar-refractivity contribution < 1.29 is 14.3 Å². The molecule has 0 aliphatic rings. The van der Waals surface area contributed by atoms with Gasteiger partial charge in [0, 0.05) is 5.38 Å². The summed E-state index contributed by atoms with van der Waals surface area (Å²) in [5, 5.41) is 8.08. The van der Waals surface area contributed by atoms with E-state index >= 15 is 0 Å². The van der Waals surface area contributed by atoms with Crippen LogP contribution in [-0.4, -0.2) is 33.1 Å². The van der Waals surface area contributed by atoms with Gasteiger partial charge in [-0.1, -0.05) is 15.8 Å². The Hall–Kier alpha value is -1.87. The van der Waals surface area contributed by atoms with Crippen LogP contribution in [0.15, 0.2) is 5.38 Å². The van der Waals surface area contributed by atoms with Gasteiger partial charge in [0.05, 0.1) is 12.3 Å². The maximum Gasteiger partial charge on any atom is 0.350 e. The molecule has 2 aromatic heterocycles. The number of aryl methyl sites for hydroxylation is 1. The smallest absolute Gasteiger partial charge is 0.350 e.